The molecule has 2 aromatic carbocycles. The number of ether oxygens (including phenoxy) is 1. The molecule has 0 unspecified atom stereocenters. The highest BCUT2D eigenvalue weighted by molar-refractivity contribution is 6.35. The van der Waals surface area contributed by atoms with Gasteiger partial charge in [0.05, 0.1) is 7.11 Å². The van der Waals surface area contributed by atoms with Crippen LogP contribution in [0.4, 0.5) is 14.9 Å². The largest absolute Gasteiger partial charge is 0.497 e. The van der Waals surface area contributed by atoms with Gasteiger partial charge in [0.15, 0.2) is 0 Å². The molecule has 2 saturated heterocycles. The molecule has 0 saturated carbocycles. The van der Waals surface area contributed by atoms with Crippen LogP contribution >= 0.6 is 0 Å². The fourth-order valence-electron chi connectivity index (χ4n) is 4.30. The first-order chi connectivity index (χ1) is 15.9. The SMILES string of the molecule is COc1ccc(NC(=O)N2CCC(N3CCN(Cc4cccc(F)c4)C(=O)C3=O)CC2)cc1. The van der Waals surface area contributed by atoms with Crippen molar-refractivity contribution in [1.82, 2.24) is 14.7 Å². The summed E-state index contributed by atoms with van der Waals surface area (Å²) >= 11 is 0. The maximum Gasteiger partial charge on any atom is 0.321 e. The van der Waals surface area contributed by atoms with Gasteiger partial charge in [-0.25, -0.2) is 9.18 Å². The molecule has 0 atom stereocenters. The van der Waals surface area contributed by atoms with Crippen LogP contribution in [0.3, 0.4) is 0 Å². The summed E-state index contributed by atoms with van der Waals surface area (Å²) in [4.78, 5) is 42.8. The topological polar surface area (TPSA) is 82.2 Å². The molecule has 174 valence electrons. The van der Waals surface area contributed by atoms with E-state index in [0.29, 0.717) is 56.0 Å². The third-order valence-electron chi connectivity index (χ3n) is 6.14. The van der Waals surface area contributed by atoms with Crippen LogP contribution in [0.5, 0.6) is 5.75 Å². The Morgan fingerprint density at radius 2 is 1.76 bits per heavy atom. The van der Waals surface area contributed by atoms with Gasteiger partial charge in [0.2, 0.25) is 0 Å². The van der Waals surface area contributed by atoms with Crippen molar-refractivity contribution in [2.45, 2.75) is 25.4 Å². The zero-order valence-electron chi connectivity index (χ0n) is 18.5. The summed E-state index contributed by atoms with van der Waals surface area (Å²) in [6, 6.07) is 12.9. The Balaban J connectivity index is 1.28. The number of anilines is 1. The Morgan fingerprint density at radius 3 is 2.42 bits per heavy atom. The van der Waals surface area contributed by atoms with Crippen LogP contribution in [0.1, 0.15) is 18.4 Å². The minimum absolute atomic E-state index is 0.0807. The lowest BCUT2D eigenvalue weighted by Gasteiger charge is -2.42. The third-order valence-corrected chi connectivity index (χ3v) is 6.14. The van der Waals surface area contributed by atoms with Crippen molar-refractivity contribution in [3.05, 3.63) is 59.9 Å². The van der Waals surface area contributed by atoms with E-state index < -0.39 is 11.8 Å². The van der Waals surface area contributed by atoms with Crippen molar-refractivity contribution in [3.8, 4) is 5.75 Å². The lowest BCUT2D eigenvalue weighted by molar-refractivity contribution is -0.158. The third kappa shape index (κ3) is 5.24. The summed E-state index contributed by atoms with van der Waals surface area (Å²) in [6.45, 7) is 2.04. The minimum atomic E-state index is -0.565. The smallest absolute Gasteiger partial charge is 0.321 e. The van der Waals surface area contributed by atoms with Gasteiger partial charge in [-0.15, -0.1) is 0 Å². The monoisotopic (exact) mass is 454 g/mol. The van der Waals surface area contributed by atoms with Gasteiger partial charge in [-0.1, -0.05) is 12.1 Å². The van der Waals surface area contributed by atoms with Crippen LogP contribution in [0.15, 0.2) is 48.5 Å². The van der Waals surface area contributed by atoms with Crippen LogP contribution in [-0.2, 0) is 16.1 Å². The van der Waals surface area contributed by atoms with Gasteiger partial charge in [0.25, 0.3) is 0 Å². The van der Waals surface area contributed by atoms with Crippen LogP contribution in [0.2, 0.25) is 0 Å². The zero-order chi connectivity index (χ0) is 23.4. The summed E-state index contributed by atoms with van der Waals surface area (Å²) in [6.07, 6.45) is 1.22. The second kappa shape index (κ2) is 9.89. The molecule has 2 aliphatic rings. The van der Waals surface area contributed by atoms with Crippen molar-refractivity contribution in [1.29, 1.82) is 0 Å². The number of methoxy groups -OCH3 is 1. The van der Waals surface area contributed by atoms with Gasteiger partial charge in [-0.3, -0.25) is 9.59 Å². The number of piperazine rings is 1. The van der Waals surface area contributed by atoms with Crippen molar-refractivity contribution in [3.63, 3.8) is 0 Å². The van der Waals surface area contributed by atoms with Crippen LogP contribution in [0.25, 0.3) is 0 Å². The van der Waals surface area contributed by atoms with E-state index in [1.165, 1.54) is 17.0 Å². The van der Waals surface area contributed by atoms with E-state index in [-0.39, 0.29) is 24.4 Å². The predicted molar refractivity (Wildman–Crippen MR) is 120 cm³/mol. The second-order valence-electron chi connectivity index (χ2n) is 8.23. The number of amides is 4. The summed E-state index contributed by atoms with van der Waals surface area (Å²) in [5.74, 6) is -0.749. The highest BCUT2D eigenvalue weighted by Crippen LogP contribution is 2.22. The lowest BCUT2D eigenvalue weighted by atomic mass is 10.0. The van der Waals surface area contributed by atoms with Crippen LogP contribution < -0.4 is 10.1 Å². The first kappa shape index (κ1) is 22.6. The molecule has 2 aromatic rings. The molecule has 2 aliphatic heterocycles. The fourth-order valence-corrected chi connectivity index (χ4v) is 4.30. The number of piperidine rings is 1. The predicted octanol–water partition coefficient (Wildman–Crippen LogP) is 2.70. The number of likely N-dealkylation sites (tertiary alicyclic amines) is 1. The molecule has 0 bridgehead atoms. The quantitative estimate of drug-likeness (QED) is 0.705. The number of rotatable bonds is 5. The summed E-state index contributed by atoms with van der Waals surface area (Å²) in [7, 11) is 1.58. The normalized spacial score (nSPS) is 17.3. The maximum atomic E-state index is 13.4. The van der Waals surface area contributed by atoms with Crippen molar-refractivity contribution >= 4 is 23.5 Å². The summed E-state index contributed by atoms with van der Waals surface area (Å²) in [5.41, 5.74) is 1.33. The molecule has 9 heteroatoms. The van der Waals surface area contributed by atoms with E-state index in [4.69, 9.17) is 4.74 Å². The fraction of sp³-hybridized carbons (Fsp3) is 0.375. The highest BCUT2D eigenvalue weighted by Gasteiger charge is 2.38. The molecular weight excluding hydrogens is 427 g/mol. The van der Waals surface area contributed by atoms with E-state index in [1.807, 2.05) is 0 Å². The van der Waals surface area contributed by atoms with Crippen LogP contribution in [-0.4, -0.2) is 71.9 Å². The second-order valence-corrected chi connectivity index (χ2v) is 8.23. The van der Waals surface area contributed by atoms with Crippen molar-refractivity contribution in [2.24, 2.45) is 0 Å². The molecule has 2 heterocycles. The Bertz CT molecular complexity index is 1020. The number of nitrogens with zero attached hydrogens (tertiary/aromatic N) is 3. The van der Waals surface area contributed by atoms with Gasteiger partial charge in [0.1, 0.15) is 11.6 Å². The van der Waals surface area contributed by atoms with Gasteiger partial charge >= 0.3 is 17.8 Å². The molecule has 4 rings (SSSR count). The number of halogens is 1. The van der Waals surface area contributed by atoms with E-state index >= 15 is 0 Å². The first-order valence-corrected chi connectivity index (χ1v) is 11.0. The Hall–Kier alpha value is -3.62. The summed E-state index contributed by atoms with van der Waals surface area (Å²) in [5, 5.41) is 2.87. The molecular formula is C24H27FN4O4. The first-order valence-electron chi connectivity index (χ1n) is 11.0. The standard InChI is InChI=1S/C24H27FN4O4/c1-33-21-7-5-19(6-8-21)26-24(32)27-11-9-20(10-12-27)29-14-13-28(22(30)23(29)31)16-17-3-2-4-18(25)15-17/h2-8,15,20H,9-14,16H2,1H3,(H,26,32). The summed E-state index contributed by atoms with van der Waals surface area (Å²) < 4.78 is 18.5. The minimum Gasteiger partial charge on any atom is -0.497 e. The lowest BCUT2D eigenvalue weighted by Crippen LogP contribution is -2.59. The molecule has 1 N–H and O–H groups in total. The van der Waals surface area contributed by atoms with E-state index in [1.54, 1.807) is 53.3 Å². The van der Waals surface area contributed by atoms with Gasteiger partial charge in [0, 0.05) is 44.5 Å². The van der Waals surface area contributed by atoms with Crippen molar-refractivity contribution < 1.29 is 23.5 Å². The van der Waals surface area contributed by atoms with E-state index in [9.17, 15) is 18.8 Å². The number of urea groups is 1. The van der Waals surface area contributed by atoms with Gasteiger partial charge < -0.3 is 24.8 Å². The molecule has 0 radical (unpaired) electrons. The Kier molecular flexibility index (Phi) is 6.76. The van der Waals surface area contributed by atoms with Crippen LogP contribution in [0, 0.1) is 5.82 Å². The highest BCUT2D eigenvalue weighted by atomic mass is 19.1. The van der Waals surface area contributed by atoms with Gasteiger partial charge in [-0.05, 0) is 54.8 Å². The molecule has 0 spiro atoms. The molecule has 4 amide bonds. The average Bonchev–Trinajstić information content (AvgIpc) is 2.83. The Morgan fingerprint density at radius 1 is 1.03 bits per heavy atom. The number of carbonyl (C=O) groups excluding carboxylic acids is 3. The zero-order valence-corrected chi connectivity index (χ0v) is 18.5. The molecule has 8 nitrogen and oxygen atoms in total. The maximum absolute atomic E-state index is 13.4. The molecule has 2 fully saturated rings. The number of benzene rings is 2. The number of nitrogens with one attached hydrogen (secondary N) is 1. The average molecular weight is 455 g/mol. The van der Waals surface area contributed by atoms with Gasteiger partial charge in [-0.2, -0.15) is 0 Å². The molecule has 33 heavy (non-hydrogen) atoms. The van der Waals surface area contributed by atoms with Crippen molar-refractivity contribution in [2.75, 3.05) is 38.6 Å². The molecule has 0 aliphatic carbocycles. The number of carbonyl (C=O) groups is 3. The Labute approximate surface area is 191 Å². The van der Waals surface area contributed by atoms with E-state index in [2.05, 4.69) is 5.32 Å². The number of hydrogen-bond donors (Lipinski definition) is 1. The number of hydrogen-bond acceptors (Lipinski definition) is 4. The molecule has 0 aromatic heterocycles. The van der Waals surface area contributed by atoms with E-state index in [0.717, 1.165) is 0 Å².